The fraction of sp³-hybridized carbons (Fsp3) is 1.00. The van der Waals surface area contributed by atoms with Gasteiger partial charge in [-0.1, -0.05) is 90.4 Å². The van der Waals surface area contributed by atoms with Crippen molar-refractivity contribution in [2.24, 2.45) is 0 Å². The Bertz CT molecular complexity index is 332. The van der Waals surface area contributed by atoms with Gasteiger partial charge in [-0.05, 0) is 6.42 Å². The van der Waals surface area contributed by atoms with Crippen molar-refractivity contribution in [3.8, 4) is 0 Å². The van der Waals surface area contributed by atoms with Gasteiger partial charge in [-0.2, -0.15) is 0 Å². The van der Waals surface area contributed by atoms with Crippen molar-refractivity contribution in [3.63, 3.8) is 0 Å². The van der Waals surface area contributed by atoms with E-state index < -0.39 is 13.7 Å². The van der Waals surface area contributed by atoms with Crippen LogP contribution in [0.25, 0.3) is 0 Å². The van der Waals surface area contributed by atoms with Crippen molar-refractivity contribution in [2.75, 3.05) is 26.5 Å². The molecule has 1 atom stereocenters. The van der Waals surface area contributed by atoms with Crippen LogP contribution in [-0.4, -0.2) is 42.4 Å². The molecule has 0 saturated carbocycles. The van der Waals surface area contributed by atoms with Gasteiger partial charge in [0.1, 0.15) is 0 Å². The van der Waals surface area contributed by atoms with Gasteiger partial charge in [-0.25, -0.2) is 0 Å². The van der Waals surface area contributed by atoms with Crippen molar-refractivity contribution in [3.05, 3.63) is 0 Å². The van der Waals surface area contributed by atoms with Gasteiger partial charge in [0.05, 0.1) is 18.9 Å². The summed E-state index contributed by atoms with van der Waals surface area (Å²) in [5, 5.41) is 0. The van der Waals surface area contributed by atoms with Crippen LogP contribution < -0.4 is 0 Å². The average molecular weight is 395 g/mol. The van der Waals surface area contributed by atoms with Gasteiger partial charge < -0.3 is 19.3 Å². The summed E-state index contributed by atoms with van der Waals surface area (Å²) in [7, 11) is -2.58. The van der Waals surface area contributed by atoms with E-state index in [0.29, 0.717) is 6.61 Å². The van der Waals surface area contributed by atoms with E-state index >= 15 is 0 Å². The van der Waals surface area contributed by atoms with E-state index in [1.165, 1.54) is 84.2 Å². The number of unbranched alkanes of at least 4 members (excludes halogenated alkanes) is 13. The molecule has 26 heavy (non-hydrogen) atoms. The Morgan fingerprint density at radius 1 is 0.769 bits per heavy atom. The van der Waals surface area contributed by atoms with Crippen LogP contribution in [0.3, 0.4) is 0 Å². The summed E-state index contributed by atoms with van der Waals surface area (Å²) in [6.07, 6.45) is 17.8. The largest absolute Gasteiger partial charge is 0.379 e. The number of ether oxygens (including phenoxy) is 2. The standard InChI is InChI=1S/C20H43O5P/c1-3-4-5-6-7-8-9-10-11-12-13-14-15-16-17-25-18-20(24-2)19-26(21,22)23/h20H,3-19H2,1-2H3,(H2,21,22,23)/t20-/m1/s1. The highest BCUT2D eigenvalue weighted by Crippen LogP contribution is 2.35. The lowest BCUT2D eigenvalue weighted by atomic mass is 10.0. The molecule has 0 rings (SSSR count). The van der Waals surface area contributed by atoms with Crippen molar-refractivity contribution < 1.29 is 23.8 Å². The second kappa shape index (κ2) is 18.4. The van der Waals surface area contributed by atoms with E-state index in [-0.39, 0.29) is 12.8 Å². The monoisotopic (exact) mass is 394 g/mol. The van der Waals surface area contributed by atoms with E-state index in [9.17, 15) is 4.57 Å². The SMILES string of the molecule is CCCCCCCCCCCCCCCCOC[C@H](CP(=O)(O)O)OC. The van der Waals surface area contributed by atoms with E-state index in [4.69, 9.17) is 19.3 Å². The summed E-state index contributed by atoms with van der Waals surface area (Å²) < 4.78 is 21.4. The molecule has 0 heterocycles. The van der Waals surface area contributed by atoms with E-state index in [0.717, 1.165) is 12.8 Å². The van der Waals surface area contributed by atoms with Crippen LogP contribution in [0, 0.1) is 0 Å². The van der Waals surface area contributed by atoms with E-state index in [1.807, 2.05) is 0 Å². The maximum absolute atomic E-state index is 10.9. The van der Waals surface area contributed by atoms with E-state index in [1.54, 1.807) is 0 Å². The predicted molar refractivity (Wildman–Crippen MR) is 109 cm³/mol. The third kappa shape index (κ3) is 20.4. The molecule has 0 spiro atoms. The number of rotatable bonds is 20. The van der Waals surface area contributed by atoms with Gasteiger partial charge in [0.25, 0.3) is 0 Å². The molecule has 6 heteroatoms. The summed E-state index contributed by atoms with van der Waals surface area (Å²) in [4.78, 5) is 17.9. The third-order valence-corrected chi connectivity index (χ3v) is 5.60. The number of methoxy groups -OCH3 is 1. The molecule has 0 bridgehead atoms. The Balaban J connectivity index is 3.23. The molecular weight excluding hydrogens is 351 g/mol. The van der Waals surface area contributed by atoms with Crippen molar-refractivity contribution >= 4 is 7.60 Å². The molecule has 0 amide bonds. The zero-order valence-electron chi connectivity index (χ0n) is 17.2. The van der Waals surface area contributed by atoms with Gasteiger partial charge in [0.2, 0.25) is 0 Å². The lowest BCUT2D eigenvalue weighted by molar-refractivity contribution is 0.0169. The molecule has 0 aliphatic rings. The molecule has 158 valence electrons. The molecule has 0 radical (unpaired) electrons. The van der Waals surface area contributed by atoms with Crippen LogP contribution >= 0.6 is 7.60 Å². The minimum absolute atomic E-state index is 0.250. The number of hydrogen-bond acceptors (Lipinski definition) is 3. The lowest BCUT2D eigenvalue weighted by Gasteiger charge is -2.16. The minimum atomic E-state index is -4.03. The highest BCUT2D eigenvalue weighted by molar-refractivity contribution is 7.51. The van der Waals surface area contributed by atoms with Crippen LogP contribution in [0.4, 0.5) is 0 Å². The first-order chi connectivity index (χ1) is 12.5. The van der Waals surface area contributed by atoms with Crippen LogP contribution in [0.15, 0.2) is 0 Å². The van der Waals surface area contributed by atoms with Gasteiger partial charge in [0.15, 0.2) is 0 Å². The minimum Gasteiger partial charge on any atom is -0.379 e. The van der Waals surface area contributed by atoms with Gasteiger partial charge in [0, 0.05) is 13.7 Å². The summed E-state index contributed by atoms with van der Waals surface area (Å²) in [6, 6.07) is 0. The summed E-state index contributed by atoms with van der Waals surface area (Å²) in [5.74, 6) is 0. The average Bonchev–Trinajstić information content (AvgIpc) is 2.59. The normalized spacial score (nSPS) is 13.2. The third-order valence-electron chi connectivity index (χ3n) is 4.72. The molecule has 0 fully saturated rings. The predicted octanol–water partition coefficient (Wildman–Crippen LogP) is 5.68. The Kier molecular flexibility index (Phi) is 18.5. The maximum Gasteiger partial charge on any atom is 0.328 e. The zero-order chi connectivity index (χ0) is 19.5. The number of hydrogen-bond donors (Lipinski definition) is 2. The smallest absolute Gasteiger partial charge is 0.328 e. The van der Waals surface area contributed by atoms with Crippen molar-refractivity contribution in [2.45, 2.75) is 103 Å². The molecule has 0 aromatic heterocycles. The molecule has 0 aliphatic heterocycles. The topological polar surface area (TPSA) is 76.0 Å². The van der Waals surface area contributed by atoms with Crippen LogP contribution in [0.1, 0.15) is 96.8 Å². The molecular formula is C20H43O5P. The highest BCUT2D eigenvalue weighted by Gasteiger charge is 2.21. The molecule has 2 N–H and O–H groups in total. The Morgan fingerprint density at radius 2 is 1.19 bits per heavy atom. The summed E-state index contributed by atoms with van der Waals surface area (Å²) >= 11 is 0. The molecule has 0 unspecified atom stereocenters. The quantitative estimate of drug-likeness (QED) is 0.205. The second-order valence-corrected chi connectivity index (χ2v) is 9.07. The van der Waals surface area contributed by atoms with Crippen molar-refractivity contribution in [1.82, 2.24) is 0 Å². The molecule has 0 aliphatic carbocycles. The van der Waals surface area contributed by atoms with Crippen LogP contribution in [0.2, 0.25) is 0 Å². The molecule has 0 aromatic rings. The highest BCUT2D eigenvalue weighted by atomic mass is 31.2. The van der Waals surface area contributed by atoms with E-state index in [2.05, 4.69) is 6.92 Å². The van der Waals surface area contributed by atoms with Gasteiger partial charge >= 0.3 is 7.60 Å². The Morgan fingerprint density at radius 3 is 1.58 bits per heavy atom. The van der Waals surface area contributed by atoms with Gasteiger partial charge in [-0.15, -0.1) is 0 Å². The van der Waals surface area contributed by atoms with Crippen LogP contribution in [0.5, 0.6) is 0 Å². The van der Waals surface area contributed by atoms with Gasteiger partial charge in [-0.3, -0.25) is 4.57 Å². The van der Waals surface area contributed by atoms with Crippen LogP contribution in [-0.2, 0) is 14.0 Å². The fourth-order valence-electron chi connectivity index (χ4n) is 3.07. The Hall–Kier alpha value is 0.0700. The first-order valence-electron chi connectivity index (χ1n) is 10.6. The first-order valence-corrected chi connectivity index (χ1v) is 12.4. The van der Waals surface area contributed by atoms with Crippen molar-refractivity contribution in [1.29, 1.82) is 0 Å². The zero-order valence-corrected chi connectivity index (χ0v) is 18.1. The summed E-state index contributed by atoms with van der Waals surface area (Å²) in [6.45, 7) is 3.15. The lowest BCUT2D eigenvalue weighted by Crippen LogP contribution is -2.23. The molecule has 0 aromatic carbocycles. The summed E-state index contributed by atoms with van der Waals surface area (Å²) in [5.41, 5.74) is 0. The molecule has 5 nitrogen and oxygen atoms in total. The fourth-order valence-corrected chi connectivity index (χ4v) is 3.86. The first kappa shape index (κ1) is 26.1. The molecule has 0 saturated heterocycles. The maximum atomic E-state index is 10.9. The Labute approximate surface area is 161 Å². The second-order valence-electron chi connectivity index (χ2n) is 7.38.